The first-order chi connectivity index (χ1) is 11.3. The summed E-state index contributed by atoms with van der Waals surface area (Å²) in [5, 5.41) is 0. The highest BCUT2D eigenvalue weighted by Crippen LogP contribution is 2.22. The SMILES string of the molecule is CC(C)N=C(C=C1CCCCCN1CS(=O)(=O)O)c1ccccc1. The molecule has 1 aromatic rings. The number of allylic oxidation sites excluding steroid dienone is 2. The summed E-state index contributed by atoms with van der Waals surface area (Å²) in [5.41, 5.74) is 2.78. The molecule has 0 unspecified atom stereocenters. The molecule has 5 nitrogen and oxygen atoms in total. The molecule has 1 heterocycles. The zero-order valence-electron chi connectivity index (χ0n) is 14.4. The lowest BCUT2D eigenvalue weighted by molar-refractivity contribution is 0.369. The second-order valence-corrected chi connectivity index (χ2v) is 7.82. The van der Waals surface area contributed by atoms with Crippen molar-refractivity contribution in [1.29, 1.82) is 0 Å². The van der Waals surface area contributed by atoms with Crippen LogP contribution >= 0.6 is 0 Å². The van der Waals surface area contributed by atoms with E-state index in [1.165, 1.54) is 0 Å². The van der Waals surface area contributed by atoms with Gasteiger partial charge in [0.15, 0.2) is 0 Å². The van der Waals surface area contributed by atoms with Gasteiger partial charge in [0.05, 0.1) is 5.71 Å². The number of aliphatic imine (C=N–C) groups is 1. The highest BCUT2D eigenvalue weighted by Gasteiger charge is 2.19. The van der Waals surface area contributed by atoms with Gasteiger partial charge in [0.1, 0.15) is 5.88 Å². The van der Waals surface area contributed by atoms with Crippen LogP contribution in [0.2, 0.25) is 0 Å². The largest absolute Gasteiger partial charge is 0.359 e. The first-order valence-corrected chi connectivity index (χ1v) is 10.00. The molecule has 0 spiro atoms. The van der Waals surface area contributed by atoms with Crippen molar-refractivity contribution in [2.75, 3.05) is 12.4 Å². The zero-order valence-corrected chi connectivity index (χ0v) is 15.2. The van der Waals surface area contributed by atoms with Crippen LogP contribution in [0, 0.1) is 0 Å². The van der Waals surface area contributed by atoms with E-state index in [1.807, 2.05) is 50.3 Å². The van der Waals surface area contributed by atoms with Gasteiger partial charge in [0.25, 0.3) is 10.1 Å². The van der Waals surface area contributed by atoms with E-state index in [9.17, 15) is 13.0 Å². The number of hydrogen-bond donors (Lipinski definition) is 1. The quantitative estimate of drug-likeness (QED) is 0.652. The van der Waals surface area contributed by atoms with Crippen LogP contribution in [-0.2, 0) is 10.1 Å². The fraction of sp³-hybridized carbons (Fsp3) is 0.500. The average Bonchev–Trinajstić information content (AvgIpc) is 2.71. The molecule has 132 valence electrons. The third kappa shape index (κ3) is 6.09. The van der Waals surface area contributed by atoms with Crippen LogP contribution in [-0.4, -0.2) is 42.0 Å². The summed E-state index contributed by atoms with van der Waals surface area (Å²) in [4.78, 5) is 6.47. The first-order valence-electron chi connectivity index (χ1n) is 8.39. The monoisotopic (exact) mass is 350 g/mol. The smallest absolute Gasteiger partial charge is 0.283 e. The molecule has 1 aliphatic rings. The molecule has 0 aromatic heterocycles. The van der Waals surface area contributed by atoms with Crippen LogP contribution in [0.1, 0.15) is 45.1 Å². The van der Waals surface area contributed by atoms with Gasteiger partial charge in [-0.3, -0.25) is 9.55 Å². The van der Waals surface area contributed by atoms with Crippen molar-refractivity contribution in [3.63, 3.8) is 0 Å². The molecule has 0 amide bonds. The molecule has 0 aliphatic carbocycles. The highest BCUT2D eigenvalue weighted by atomic mass is 32.2. The zero-order chi connectivity index (χ0) is 17.6. The van der Waals surface area contributed by atoms with E-state index < -0.39 is 10.1 Å². The molecule has 0 saturated carbocycles. The maximum Gasteiger partial charge on any atom is 0.283 e. The molecule has 1 aliphatic heterocycles. The minimum Gasteiger partial charge on any atom is -0.359 e. The van der Waals surface area contributed by atoms with E-state index in [0.29, 0.717) is 6.54 Å². The Morgan fingerprint density at radius 1 is 1.25 bits per heavy atom. The predicted molar refractivity (Wildman–Crippen MR) is 97.8 cm³/mol. The summed E-state index contributed by atoms with van der Waals surface area (Å²) in [6.45, 7) is 4.67. The molecule has 0 bridgehead atoms. The van der Waals surface area contributed by atoms with Gasteiger partial charge in [-0.15, -0.1) is 0 Å². The van der Waals surface area contributed by atoms with Crippen molar-refractivity contribution in [1.82, 2.24) is 4.90 Å². The van der Waals surface area contributed by atoms with Gasteiger partial charge in [0.2, 0.25) is 0 Å². The molecule has 1 fully saturated rings. The molecule has 1 aromatic carbocycles. The van der Waals surface area contributed by atoms with Gasteiger partial charge in [-0.05, 0) is 44.7 Å². The molecule has 24 heavy (non-hydrogen) atoms. The van der Waals surface area contributed by atoms with E-state index in [2.05, 4.69) is 0 Å². The molecule has 2 rings (SSSR count). The number of likely N-dealkylation sites (tertiary alicyclic amines) is 1. The van der Waals surface area contributed by atoms with Crippen molar-refractivity contribution in [3.05, 3.63) is 47.7 Å². The maximum atomic E-state index is 11.3. The van der Waals surface area contributed by atoms with Crippen molar-refractivity contribution >= 4 is 15.8 Å². The lowest BCUT2D eigenvalue weighted by Gasteiger charge is -2.24. The summed E-state index contributed by atoms with van der Waals surface area (Å²) < 4.78 is 31.9. The van der Waals surface area contributed by atoms with Gasteiger partial charge < -0.3 is 4.90 Å². The van der Waals surface area contributed by atoms with Gasteiger partial charge in [-0.1, -0.05) is 36.8 Å². The third-order valence-electron chi connectivity index (χ3n) is 3.86. The minimum atomic E-state index is -4.05. The standard InChI is InChI=1S/C18H26N2O3S/c1-15(2)19-18(16-9-5-3-6-10-16)13-17-11-7-4-8-12-20(17)14-24(21,22)23/h3,5-6,9-10,13,15H,4,7-8,11-12,14H2,1-2H3,(H,21,22,23). The fourth-order valence-corrected chi connectivity index (χ4v) is 3.52. The number of hydrogen-bond acceptors (Lipinski definition) is 4. The van der Waals surface area contributed by atoms with Crippen LogP contribution in [0.15, 0.2) is 47.1 Å². The Labute approximate surface area is 144 Å². The average molecular weight is 350 g/mol. The van der Waals surface area contributed by atoms with Crippen molar-refractivity contribution in [2.24, 2.45) is 4.99 Å². The molecule has 1 N–H and O–H groups in total. The van der Waals surface area contributed by atoms with Crippen molar-refractivity contribution in [3.8, 4) is 0 Å². The van der Waals surface area contributed by atoms with Crippen molar-refractivity contribution < 1.29 is 13.0 Å². The number of rotatable bonds is 5. The fourth-order valence-electron chi connectivity index (χ4n) is 2.84. The Hall–Kier alpha value is -1.66. The van der Waals surface area contributed by atoms with E-state index in [4.69, 9.17) is 4.99 Å². The summed E-state index contributed by atoms with van der Waals surface area (Å²) in [6, 6.07) is 10.0. The van der Waals surface area contributed by atoms with E-state index in [-0.39, 0.29) is 11.9 Å². The van der Waals surface area contributed by atoms with Gasteiger partial charge in [-0.25, -0.2) is 0 Å². The van der Waals surface area contributed by atoms with Crippen LogP contribution in [0.3, 0.4) is 0 Å². The van der Waals surface area contributed by atoms with E-state index >= 15 is 0 Å². The molecule has 0 radical (unpaired) electrons. The van der Waals surface area contributed by atoms with Crippen LogP contribution in [0.25, 0.3) is 0 Å². The Morgan fingerprint density at radius 2 is 1.96 bits per heavy atom. The van der Waals surface area contributed by atoms with Crippen molar-refractivity contribution in [2.45, 2.75) is 45.6 Å². The third-order valence-corrected chi connectivity index (χ3v) is 4.49. The lowest BCUT2D eigenvalue weighted by atomic mass is 10.1. The highest BCUT2D eigenvalue weighted by molar-refractivity contribution is 7.85. The summed E-state index contributed by atoms with van der Waals surface area (Å²) in [6.07, 6.45) is 5.76. The number of benzene rings is 1. The lowest BCUT2D eigenvalue weighted by Crippen LogP contribution is -2.29. The van der Waals surface area contributed by atoms with Crippen LogP contribution in [0.4, 0.5) is 0 Å². The Bertz CT molecular complexity index is 694. The topological polar surface area (TPSA) is 70.0 Å². The molecule has 1 saturated heterocycles. The predicted octanol–water partition coefficient (Wildman–Crippen LogP) is 3.49. The van der Waals surface area contributed by atoms with E-state index in [0.717, 1.165) is 42.7 Å². The normalized spacial score (nSPS) is 18.9. The molecular weight excluding hydrogens is 324 g/mol. The Balaban J connectivity index is 2.40. The summed E-state index contributed by atoms with van der Waals surface area (Å²) in [7, 11) is -4.05. The maximum absolute atomic E-state index is 11.3. The molecular formula is C18H26N2O3S. The van der Waals surface area contributed by atoms with Crippen LogP contribution < -0.4 is 0 Å². The van der Waals surface area contributed by atoms with Gasteiger partial charge in [-0.2, -0.15) is 8.42 Å². The first kappa shape index (κ1) is 18.7. The molecule has 6 heteroatoms. The summed E-state index contributed by atoms with van der Waals surface area (Å²) in [5.74, 6) is -0.359. The molecule has 0 atom stereocenters. The van der Waals surface area contributed by atoms with Gasteiger partial charge in [0, 0.05) is 18.3 Å². The van der Waals surface area contributed by atoms with E-state index in [1.54, 1.807) is 4.90 Å². The van der Waals surface area contributed by atoms with Crippen LogP contribution in [0.5, 0.6) is 0 Å². The minimum absolute atomic E-state index is 0.137. The summed E-state index contributed by atoms with van der Waals surface area (Å²) >= 11 is 0. The van der Waals surface area contributed by atoms with Gasteiger partial charge >= 0.3 is 0 Å². The second kappa shape index (κ2) is 8.44. The number of nitrogens with zero attached hydrogens (tertiary/aromatic N) is 2. The Kier molecular flexibility index (Phi) is 6.57. The second-order valence-electron chi connectivity index (χ2n) is 6.39. The Morgan fingerprint density at radius 3 is 2.58 bits per heavy atom.